The van der Waals surface area contributed by atoms with Crippen LogP contribution in [0.3, 0.4) is 0 Å². The third kappa shape index (κ3) is 5.69. The quantitative estimate of drug-likeness (QED) is 0.568. The summed E-state index contributed by atoms with van der Waals surface area (Å²) < 4.78 is 5.66. The summed E-state index contributed by atoms with van der Waals surface area (Å²) in [6, 6.07) is 11.3. The van der Waals surface area contributed by atoms with Crippen LogP contribution >= 0.6 is 0 Å². The van der Waals surface area contributed by atoms with Crippen molar-refractivity contribution in [2.75, 3.05) is 13.7 Å². The number of likely N-dealkylation sites (N-methyl/N-ethyl adjacent to an activating group) is 1. The van der Waals surface area contributed by atoms with Gasteiger partial charge in [-0.2, -0.15) is 0 Å². The minimum absolute atomic E-state index is 0.0258. The molecule has 5 heteroatoms. The molecule has 2 aromatic rings. The average molecular weight is 436 g/mol. The Kier molecular flexibility index (Phi) is 7.80. The smallest absolute Gasteiger partial charge is 0.272 e. The van der Waals surface area contributed by atoms with E-state index in [1.54, 1.807) is 12.3 Å². The maximum Gasteiger partial charge on any atom is 0.272 e. The van der Waals surface area contributed by atoms with Crippen LogP contribution in [0.15, 0.2) is 36.5 Å². The Bertz CT molecular complexity index is 890. The van der Waals surface area contributed by atoms with Crippen molar-refractivity contribution in [2.24, 2.45) is 0 Å². The van der Waals surface area contributed by atoms with Gasteiger partial charge in [0.15, 0.2) is 0 Å². The van der Waals surface area contributed by atoms with Gasteiger partial charge in [0.1, 0.15) is 11.4 Å². The topological polar surface area (TPSA) is 54.5 Å². The van der Waals surface area contributed by atoms with Gasteiger partial charge in [-0.3, -0.25) is 4.79 Å². The lowest BCUT2D eigenvalue weighted by Gasteiger charge is -2.24. The summed E-state index contributed by atoms with van der Waals surface area (Å²) in [7, 11) is 1.90. The molecular weight excluding hydrogens is 398 g/mol. The molecule has 0 bridgehead atoms. The average Bonchev–Trinajstić information content (AvgIpc) is 3.26. The molecule has 2 aliphatic rings. The molecule has 0 spiro atoms. The van der Waals surface area contributed by atoms with Crippen LogP contribution in [0.1, 0.15) is 79.0 Å². The van der Waals surface area contributed by atoms with Gasteiger partial charge < -0.3 is 15.0 Å². The van der Waals surface area contributed by atoms with Gasteiger partial charge in [0.05, 0.1) is 12.8 Å². The highest BCUT2D eigenvalue weighted by Gasteiger charge is 2.29. The van der Waals surface area contributed by atoms with Crippen LogP contribution in [0.5, 0.6) is 5.75 Å². The molecule has 32 heavy (non-hydrogen) atoms. The van der Waals surface area contributed by atoms with Gasteiger partial charge in [-0.05, 0) is 60.9 Å². The molecule has 0 saturated heterocycles. The number of aromatic nitrogens is 1. The highest BCUT2D eigenvalue weighted by Crippen LogP contribution is 2.27. The summed E-state index contributed by atoms with van der Waals surface area (Å²) in [5.41, 5.74) is 4.57. The minimum Gasteiger partial charge on any atom is -0.492 e. The molecule has 0 aliphatic heterocycles. The van der Waals surface area contributed by atoms with Crippen molar-refractivity contribution >= 4 is 5.91 Å². The first-order chi connectivity index (χ1) is 15.6. The number of fused-ring (bicyclic) bond motifs is 1. The van der Waals surface area contributed by atoms with Crippen LogP contribution in [-0.2, 0) is 19.4 Å². The predicted molar refractivity (Wildman–Crippen MR) is 128 cm³/mol. The van der Waals surface area contributed by atoms with E-state index >= 15 is 0 Å². The zero-order valence-corrected chi connectivity index (χ0v) is 19.6. The Morgan fingerprint density at radius 1 is 1.12 bits per heavy atom. The van der Waals surface area contributed by atoms with Gasteiger partial charge in [-0.25, -0.2) is 4.98 Å². The first-order valence-corrected chi connectivity index (χ1v) is 12.3. The Morgan fingerprint density at radius 2 is 1.94 bits per heavy atom. The van der Waals surface area contributed by atoms with E-state index in [0.717, 1.165) is 38.0 Å². The number of carbonyl (C=O) groups excluding carboxylic acids is 1. The molecular formula is C27H37N3O2. The fourth-order valence-corrected chi connectivity index (χ4v) is 4.87. The van der Waals surface area contributed by atoms with Gasteiger partial charge in [0, 0.05) is 25.7 Å². The number of ether oxygens (including phenoxy) is 1. The number of nitrogens with zero attached hydrogens (tertiary/aromatic N) is 2. The summed E-state index contributed by atoms with van der Waals surface area (Å²) >= 11 is 0. The lowest BCUT2D eigenvalue weighted by atomic mass is 9.95. The standard InChI is InChI=1S/C27H37N3O2/c1-3-4-14-32-25-12-13-26(29-19-25)27(31)30(2)24-16-21-11-10-20(15-22(21)17-24)18-28-23-8-6-5-7-9-23/h10-13,15,19,23-24,28H,3-9,14,16-18H2,1-2H3. The molecule has 0 radical (unpaired) electrons. The maximum absolute atomic E-state index is 13.0. The Morgan fingerprint density at radius 3 is 2.69 bits per heavy atom. The Labute approximate surface area is 192 Å². The van der Waals surface area contributed by atoms with E-state index in [4.69, 9.17) is 4.74 Å². The number of amides is 1. The van der Waals surface area contributed by atoms with Gasteiger partial charge in [0.2, 0.25) is 0 Å². The van der Waals surface area contributed by atoms with E-state index in [2.05, 4.69) is 35.4 Å². The van der Waals surface area contributed by atoms with Crippen LogP contribution in [0, 0.1) is 0 Å². The van der Waals surface area contributed by atoms with Gasteiger partial charge >= 0.3 is 0 Å². The van der Waals surface area contributed by atoms with E-state index in [-0.39, 0.29) is 11.9 Å². The number of hydrogen-bond acceptors (Lipinski definition) is 4. The molecule has 2 aliphatic carbocycles. The van der Waals surface area contributed by atoms with Crippen molar-refractivity contribution < 1.29 is 9.53 Å². The van der Waals surface area contributed by atoms with Crippen LogP contribution in [0.25, 0.3) is 0 Å². The minimum atomic E-state index is -0.0258. The molecule has 1 fully saturated rings. The molecule has 1 atom stereocenters. The molecule has 172 valence electrons. The summed E-state index contributed by atoms with van der Waals surface area (Å²) in [5, 5.41) is 3.74. The van der Waals surface area contributed by atoms with Crippen molar-refractivity contribution in [3.63, 3.8) is 0 Å². The highest BCUT2D eigenvalue weighted by molar-refractivity contribution is 5.92. The van der Waals surface area contributed by atoms with Crippen molar-refractivity contribution in [3.8, 4) is 5.75 Å². The summed E-state index contributed by atoms with van der Waals surface area (Å²) in [5.74, 6) is 0.697. The van der Waals surface area contributed by atoms with Crippen molar-refractivity contribution in [1.29, 1.82) is 0 Å². The first-order valence-electron chi connectivity index (χ1n) is 12.3. The lowest BCUT2D eigenvalue weighted by Crippen LogP contribution is -2.38. The third-order valence-corrected chi connectivity index (χ3v) is 6.97. The predicted octanol–water partition coefficient (Wildman–Crippen LogP) is 4.92. The number of rotatable bonds is 9. The van der Waals surface area contributed by atoms with E-state index in [9.17, 15) is 4.79 Å². The lowest BCUT2D eigenvalue weighted by molar-refractivity contribution is 0.0731. The van der Waals surface area contributed by atoms with Crippen LogP contribution in [0.4, 0.5) is 0 Å². The number of carbonyl (C=O) groups is 1. The van der Waals surface area contributed by atoms with Crippen LogP contribution in [-0.4, -0.2) is 41.5 Å². The molecule has 1 saturated carbocycles. The zero-order valence-electron chi connectivity index (χ0n) is 19.6. The monoisotopic (exact) mass is 435 g/mol. The van der Waals surface area contributed by atoms with E-state index in [1.807, 2.05) is 18.0 Å². The second-order valence-electron chi connectivity index (χ2n) is 9.38. The first kappa shape index (κ1) is 22.8. The highest BCUT2D eigenvalue weighted by atomic mass is 16.5. The van der Waals surface area contributed by atoms with Gasteiger partial charge in [0.25, 0.3) is 5.91 Å². The fraction of sp³-hybridized carbons (Fsp3) is 0.556. The molecule has 1 amide bonds. The van der Waals surface area contributed by atoms with Crippen molar-refractivity contribution in [2.45, 2.75) is 83.3 Å². The third-order valence-electron chi connectivity index (χ3n) is 6.97. The van der Waals surface area contributed by atoms with E-state index in [0.29, 0.717) is 18.3 Å². The van der Waals surface area contributed by atoms with Crippen LogP contribution in [0.2, 0.25) is 0 Å². The molecule has 1 N–H and O–H groups in total. The normalized spacial score (nSPS) is 18.4. The molecule has 5 nitrogen and oxygen atoms in total. The van der Waals surface area contributed by atoms with Gasteiger partial charge in [-0.15, -0.1) is 0 Å². The molecule has 1 heterocycles. The van der Waals surface area contributed by atoms with E-state index in [1.165, 1.54) is 48.8 Å². The van der Waals surface area contributed by atoms with Crippen molar-refractivity contribution in [3.05, 3.63) is 58.9 Å². The summed E-state index contributed by atoms with van der Waals surface area (Å²) in [6.45, 7) is 3.76. The number of nitrogens with one attached hydrogen (secondary N) is 1. The molecule has 1 aromatic heterocycles. The summed E-state index contributed by atoms with van der Waals surface area (Å²) in [6.07, 6.45) is 12.3. The Balaban J connectivity index is 1.31. The number of pyridine rings is 1. The molecule has 1 unspecified atom stereocenters. The second kappa shape index (κ2) is 11.0. The Hall–Kier alpha value is -2.40. The molecule has 1 aromatic carbocycles. The second-order valence-corrected chi connectivity index (χ2v) is 9.38. The fourth-order valence-electron chi connectivity index (χ4n) is 4.87. The van der Waals surface area contributed by atoms with E-state index < -0.39 is 0 Å². The van der Waals surface area contributed by atoms with Gasteiger partial charge in [-0.1, -0.05) is 50.8 Å². The number of benzene rings is 1. The summed E-state index contributed by atoms with van der Waals surface area (Å²) in [4.78, 5) is 19.2. The number of hydrogen-bond donors (Lipinski definition) is 1. The van der Waals surface area contributed by atoms with Crippen LogP contribution < -0.4 is 10.1 Å². The van der Waals surface area contributed by atoms with Crippen molar-refractivity contribution in [1.82, 2.24) is 15.2 Å². The number of unbranched alkanes of at least 4 members (excludes halogenated alkanes) is 1. The SMILES string of the molecule is CCCCOc1ccc(C(=O)N(C)C2Cc3ccc(CNC4CCCCC4)cc3C2)nc1. The molecule has 4 rings (SSSR count). The zero-order chi connectivity index (χ0) is 22.3. The maximum atomic E-state index is 13.0. The largest absolute Gasteiger partial charge is 0.492 e.